The van der Waals surface area contributed by atoms with Gasteiger partial charge in [-0.25, -0.2) is 0 Å². The second-order valence-corrected chi connectivity index (χ2v) is 10.1. The van der Waals surface area contributed by atoms with E-state index in [4.69, 9.17) is 0 Å². The Kier molecular flexibility index (Phi) is 6.40. The molecule has 0 amide bonds. The molecular formula is C24H20N2O6S2. The van der Waals surface area contributed by atoms with Crippen LogP contribution in [0, 0.1) is 0 Å². The van der Waals surface area contributed by atoms with Gasteiger partial charge >= 0.3 is 0 Å². The third-order valence-corrected chi connectivity index (χ3v) is 6.75. The summed E-state index contributed by atoms with van der Waals surface area (Å²) in [6.07, 6.45) is 0. The van der Waals surface area contributed by atoms with Crippen molar-refractivity contribution in [3.05, 3.63) is 97.1 Å². The van der Waals surface area contributed by atoms with E-state index >= 15 is 0 Å². The fourth-order valence-electron chi connectivity index (χ4n) is 3.39. The van der Waals surface area contributed by atoms with Crippen LogP contribution in [0.25, 0.3) is 11.1 Å². The summed E-state index contributed by atoms with van der Waals surface area (Å²) in [7, 11) is -9.23. The van der Waals surface area contributed by atoms with Crippen molar-refractivity contribution in [2.45, 2.75) is 9.79 Å². The van der Waals surface area contributed by atoms with Crippen LogP contribution in [0.15, 0.2) is 107 Å². The molecule has 0 atom stereocenters. The maximum absolute atomic E-state index is 12.1. The zero-order valence-corrected chi connectivity index (χ0v) is 19.2. The van der Waals surface area contributed by atoms with Gasteiger partial charge in [0.2, 0.25) is 0 Å². The predicted molar refractivity (Wildman–Crippen MR) is 131 cm³/mol. The lowest BCUT2D eigenvalue weighted by molar-refractivity contribution is 0.481. The Morgan fingerprint density at radius 3 is 1.18 bits per heavy atom. The molecule has 10 heteroatoms. The summed E-state index contributed by atoms with van der Waals surface area (Å²) in [6.45, 7) is 0. The highest BCUT2D eigenvalue weighted by Crippen LogP contribution is 2.34. The summed E-state index contributed by atoms with van der Waals surface area (Å²) in [6, 6.07) is 26.2. The minimum Gasteiger partial charge on any atom is -0.354 e. The Bertz CT molecular complexity index is 1420. The van der Waals surface area contributed by atoms with Crippen molar-refractivity contribution in [3.8, 4) is 11.1 Å². The lowest BCUT2D eigenvalue weighted by Gasteiger charge is -2.14. The highest BCUT2D eigenvalue weighted by molar-refractivity contribution is 7.86. The molecule has 0 radical (unpaired) electrons. The number of anilines is 4. The van der Waals surface area contributed by atoms with Gasteiger partial charge in [0, 0.05) is 11.4 Å². The smallest absolute Gasteiger partial charge is 0.296 e. The van der Waals surface area contributed by atoms with Gasteiger partial charge in [-0.2, -0.15) is 16.8 Å². The minimum absolute atomic E-state index is 0.148. The van der Waals surface area contributed by atoms with Gasteiger partial charge in [-0.3, -0.25) is 9.11 Å². The van der Waals surface area contributed by atoms with Gasteiger partial charge in [0.05, 0.1) is 11.4 Å². The number of nitrogens with one attached hydrogen (secondary N) is 2. The SMILES string of the molecule is O=S(=O)(O)c1cc(-c2ccc(Nc3ccccc3)c(S(=O)(=O)O)c2)ccc1Nc1ccccc1. The van der Waals surface area contributed by atoms with Crippen molar-refractivity contribution in [3.63, 3.8) is 0 Å². The van der Waals surface area contributed by atoms with Gasteiger partial charge in [-0.15, -0.1) is 0 Å². The third kappa shape index (κ3) is 5.43. The quantitative estimate of drug-likeness (QED) is 0.252. The number of para-hydroxylation sites is 2. The molecule has 4 aromatic rings. The second kappa shape index (κ2) is 9.27. The summed E-state index contributed by atoms with van der Waals surface area (Å²) >= 11 is 0. The summed E-state index contributed by atoms with van der Waals surface area (Å²) in [5, 5.41) is 5.89. The van der Waals surface area contributed by atoms with E-state index in [1.165, 1.54) is 24.3 Å². The Balaban J connectivity index is 1.78. The van der Waals surface area contributed by atoms with Gasteiger partial charge in [0.15, 0.2) is 0 Å². The number of rotatable bonds is 7. The Hall–Kier alpha value is -3.70. The van der Waals surface area contributed by atoms with Gasteiger partial charge < -0.3 is 10.6 Å². The molecule has 8 nitrogen and oxygen atoms in total. The van der Waals surface area contributed by atoms with E-state index in [1.807, 2.05) is 0 Å². The van der Waals surface area contributed by atoms with Gasteiger partial charge in [0.25, 0.3) is 20.2 Å². The van der Waals surface area contributed by atoms with Crippen molar-refractivity contribution < 1.29 is 25.9 Å². The van der Waals surface area contributed by atoms with Crippen LogP contribution in [0.1, 0.15) is 0 Å². The molecule has 0 aliphatic carbocycles. The topological polar surface area (TPSA) is 133 Å². The van der Waals surface area contributed by atoms with Crippen molar-refractivity contribution in [1.82, 2.24) is 0 Å². The standard InChI is InChI=1S/C24H20N2O6S2/c27-33(28,29)23-15-17(11-13-21(23)25-19-7-3-1-4-8-19)18-12-14-22(24(16-18)34(30,31)32)26-20-9-5-2-6-10-20/h1-16,25-26H,(H,27,28,29)(H,30,31,32). The molecule has 0 unspecified atom stereocenters. The Morgan fingerprint density at radius 1 is 0.500 bits per heavy atom. The van der Waals surface area contributed by atoms with Crippen molar-refractivity contribution in [2.24, 2.45) is 0 Å². The lowest BCUT2D eigenvalue weighted by atomic mass is 10.0. The summed E-state index contributed by atoms with van der Waals surface area (Å²) in [5.41, 5.74) is 2.17. The third-order valence-electron chi connectivity index (χ3n) is 4.96. The van der Waals surface area contributed by atoms with E-state index in [1.54, 1.807) is 72.8 Å². The van der Waals surface area contributed by atoms with E-state index < -0.39 is 20.2 Å². The predicted octanol–water partition coefficient (Wildman–Crippen LogP) is 5.33. The largest absolute Gasteiger partial charge is 0.354 e. The molecular weight excluding hydrogens is 476 g/mol. The molecule has 0 aliphatic heterocycles. The maximum atomic E-state index is 12.1. The normalized spacial score (nSPS) is 11.7. The zero-order chi connectivity index (χ0) is 24.3. The fraction of sp³-hybridized carbons (Fsp3) is 0. The number of hydrogen-bond donors (Lipinski definition) is 4. The van der Waals surface area contributed by atoms with Gasteiger partial charge in [-0.1, -0.05) is 48.5 Å². The molecule has 174 valence electrons. The van der Waals surface area contributed by atoms with Crippen LogP contribution in [0.2, 0.25) is 0 Å². The van der Waals surface area contributed by atoms with Crippen LogP contribution in [-0.2, 0) is 20.2 Å². The average Bonchev–Trinajstić information content (AvgIpc) is 2.80. The molecule has 4 aromatic carbocycles. The van der Waals surface area contributed by atoms with Crippen molar-refractivity contribution in [1.29, 1.82) is 0 Å². The van der Waals surface area contributed by atoms with Crippen LogP contribution in [0.4, 0.5) is 22.7 Å². The zero-order valence-electron chi connectivity index (χ0n) is 17.6. The molecule has 0 bridgehead atoms. The monoisotopic (exact) mass is 496 g/mol. The molecule has 0 saturated heterocycles. The minimum atomic E-state index is -4.61. The first-order valence-electron chi connectivity index (χ1n) is 9.99. The van der Waals surface area contributed by atoms with Crippen LogP contribution >= 0.6 is 0 Å². The first-order chi connectivity index (χ1) is 16.1. The van der Waals surface area contributed by atoms with E-state index in [0.29, 0.717) is 22.5 Å². The molecule has 34 heavy (non-hydrogen) atoms. The van der Waals surface area contributed by atoms with Crippen LogP contribution in [0.5, 0.6) is 0 Å². The molecule has 4 rings (SSSR count). The van der Waals surface area contributed by atoms with Crippen LogP contribution in [0.3, 0.4) is 0 Å². The lowest BCUT2D eigenvalue weighted by Crippen LogP contribution is -2.05. The first kappa shape index (κ1) is 23.5. The summed E-state index contributed by atoms with van der Waals surface area (Å²) < 4.78 is 67.9. The first-order valence-corrected chi connectivity index (χ1v) is 12.9. The van der Waals surface area contributed by atoms with Crippen molar-refractivity contribution in [2.75, 3.05) is 10.6 Å². The maximum Gasteiger partial charge on any atom is 0.296 e. The summed E-state index contributed by atoms with van der Waals surface area (Å²) in [5.74, 6) is 0. The van der Waals surface area contributed by atoms with E-state index in [0.717, 1.165) is 0 Å². The van der Waals surface area contributed by atoms with Gasteiger partial charge in [0.1, 0.15) is 9.79 Å². The molecule has 0 saturated carbocycles. The highest BCUT2D eigenvalue weighted by atomic mass is 32.2. The number of benzene rings is 4. The van der Waals surface area contributed by atoms with E-state index in [2.05, 4.69) is 10.6 Å². The van der Waals surface area contributed by atoms with E-state index in [9.17, 15) is 25.9 Å². The molecule has 0 heterocycles. The molecule has 0 spiro atoms. The molecule has 0 fully saturated rings. The molecule has 0 aromatic heterocycles. The Labute approximate surface area is 197 Å². The second-order valence-electron chi connectivity index (χ2n) is 7.35. The Morgan fingerprint density at radius 2 is 0.853 bits per heavy atom. The fourth-order valence-corrected chi connectivity index (χ4v) is 4.74. The summed E-state index contributed by atoms with van der Waals surface area (Å²) in [4.78, 5) is -0.762. The van der Waals surface area contributed by atoms with Gasteiger partial charge in [-0.05, 0) is 59.7 Å². The van der Waals surface area contributed by atoms with Crippen LogP contribution in [-0.4, -0.2) is 25.9 Å². The highest BCUT2D eigenvalue weighted by Gasteiger charge is 2.20. The average molecular weight is 497 g/mol. The molecule has 4 N–H and O–H groups in total. The van der Waals surface area contributed by atoms with Crippen LogP contribution < -0.4 is 10.6 Å². The van der Waals surface area contributed by atoms with E-state index in [-0.39, 0.29) is 21.2 Å². The molecule has 0 aliphatic rings. The van der Waals surface area contributed by atoms with Crippen molar-refractivity contribution >= 4 is 43.0 Å². The number of hydrogen-bond acceptors (Lipinski definition) is 6.